The minimum Gasteiger partial charge on any atom is -0.507 e. The molecule has 6 heteroatoms. The first-order chi connectivity index (χ1) is 18.0. The third kappa shape index (κ3) is 6.56. The van der Waals surface area contributed by atoms with Crippen LogP contribution >= 0.6 is 0 Å². The van der Waals surface area contributed by atoms with Crippen molar-refractivity contribution in [2.24, 2.45) is 0 Å². The molecule has 4 rings (SSSR count). The van der Waals surface area contributed by atoms with E-state index in [1.807, 2.05) is 43.3 Å². The van der Waals surface area contributed by atoms with Crippen molar-refractivity contribution in [1.29, 1.82) is 5.26 Å². The molecule has 1 N–H and O–H groups in total. The number of ketones is 1. The van der Waals surface area contributed by atoms with Crippen molar-refractivity contribution in [1.82, 2.24) is 0 Å². The molecule has 1 fully saturated rings. The van der Waals surface area contributed by atoms with Crippen molar-refractivity contribution < 1.29 is 24.1 Å². The monoisotopic (exact) mass is 499 g/mol. The first-order valence-electron chi connectivity index (χ1n) is 12.8. The Hall–Kier alpha value is -3.66. The molecule has 1 aliphatic rings. The highest BCUT2D eigenvalue weighted by atomic mass is 16.7. The number of carbonyl (C=O) groups is 1. The zero-order valence-electron chi connectivity index (χ0n) is 21.4. The Kier molecular flexibility index (Phi) is 8.95. The lowest BCUT2D eigenvalue weighted by molar-refractivity contribution is -0.181. The van der Waals surface area contributed by atoms with Gasteiger partial charge in [0, 0.05) is 12.2 Å². The summed E-state index contributed by atoms with van der Waals surface area (Å²) in [6.07, 6.45) is 3.83. The number of phenolic OH excluding ortho intramolecular Hbond substituents is 1. The number of rotatable bonds is 10. The number of hydrogen-bond acceptors (Lipinski definition) is 6. The lowest BCUT2D eigenvalue weighted by atomic mass is 9.99. The second kappa shape index (κ2) is 12.5. The molecule has 0 amide bonds. The van der Waals surface area contributed by atoms with Crippen LogP contribution in [0.1, 0.15) is 83.8 Å². The van der Waals surface area contributed by atoms with Gasteiger partial charge in [-0.3, -0.25) is 4.79 Å². The van der Waals surface area contributed by atoms with Crippen LogP contribution in [0.2, 0.25) is 0 Å². The molecule has 3 aromatic carbocycles. The fraction of sp³-hybridized carbons (Fsp3) is 0.355. The van der Waals surface area contributed by atoms with E-state index in [9.17, 15) is 9.90 Å². The maximum atomic E-state index is 11.8. The van der Waals surface area contributed by atoms with Crippen LogP contribution < -0.4 is 4.74 Å². The standard InChI is InChI=1S/C31H33NO5/c1-3-6-27-28(17-16-26(21(2)33)30(27)34)36-20-23-10-14-25(15-11-23)31(37-29-7-4-5-18-35-29)24-12-8-22(19-32)9-13-24/h8-17,29,31,34H,3-7,18,20H2,1-2H3. The number of phenols is 1. The van der Waals surface area contributed by atoms with Crippen LogP contribution in [0.4, 0.5) is 0 Å². The Morgan fingerprint density at radius 3 is 2.38 bits per heavy atom. The lowest BCUT2D eigenvalue weighted by Crippen LogP contribution is -2.25. The van der Waals surface area contributed by atoms with Crippen molar-refractivity contribution in [2.75, 3.05) is 6.61 Å². The highest BCUT2D eigenvalue weighted by Crippen LogP contribution is 2.34. The quantitative estimate of drug-likeness (QED) is 0.315. The molecule has 0 aromatic heterocycles. The highest BCUT2D eigenvalue weighted by Gasteiger charge is 2.23. The Morgan fingerprint density at radius 1 is 1.08 bits per heavy atom. The molecule has 0 spiro atoms. The number of ether oxygens (including phenoxy) is 3. The maximum Gasteiger partial charge on any atom is 0.163 e. The molecule has 3 aromatic rings. The smallest absolute Gasteiger partial charge is 0.163 e. The Morgan fingerprint density at radius 2 is 1.78 bits per heavy atom. The molecule has 2 unspecified atom stereocenters. The summed E-state index contributed by atoms with van der Waals surface area (Å²) in [6, 6.07) is 21.0. The second-order valence-electron chi connectivity index (χ2n) is 9.32. The average molecular weight is 500 g/mol. The van der Waals surface area contributed by atoms with Gasteiger partial charge in [-0.2, -0.15) is 5.26 Å². The van der Waals surface area contributed by atoms with Crippen molar-refractivity contribution in [2.45, 2.75) is 65.0 Å². The average Bonchev–Trinajstić information content (AvgIpc) is 2.93. The van der Waals surface area contributed by atoms with Gasteiger partial charge in [-0.05, 0) is 73.6 Å². The van der Waals surface area contributed by atoms with Gasteiger partial charge in [0.25, 0.3) is 0 Å². The Balaban J connectivity index is 1.52. The zero-order valence-corrected chi connectivity index (χ0v) is 21.4. The van der Waals surface area contributed by atoms with E-state index in [0.717, 1.165) is 42.4 Å². The van der Waals surface area contributed by atoms with Crippen LogP contribution in [0.15, 0.2) is 60.7 Å². The molecule has 37 heavy (non-hydrogen) atoms. The number of Topliss-reactive ketones (excluding diaryl/α,β-unsaturated/α-hetero) is 1. The van der Waals surface area contributed by atoms with E-state index < -0.39 is 0 Å². The predicted octanol–water partition coefficient (Wildman–Crippen LogP) is 6.63. The van der Waals surface area contributed by atoms with Gasteiger partial charge in [0.15, 0.2) is 12.1 Å². The summed E-state index contributed by atoms with van der Waals surface area (Å²) in [4.78, 5) is 11.8. The lowest BCUT2D eigenvalue weighted by Gasteiger charge is -2.28. The van der Waals surface area contributed by atoms with E-state index in [4.69, 9.17) is 19.5 Å². The summed E-state index contributed by atoms with van der Waals surface area (Å²) in [7, 11) is 0. The van der Waals surface area contributed by atoms with Crippen molar-refractivity contribution in [3.8, 4) is 17.6 Å². The van der Waals surface area contributed by atoms with Gasteiger partial charge < -0.3 is 19.3 Å². The summed E-state index contributed by atoms with van der Waals surface area (Å²) in [6.45, 7) is 4.49. The predicted molar refractivity (Wildman–Crippen MR) is 141 cm³/mol. The van der Waals surface area contributed by atoms with E-state index >= 15 is 0 Å². The van der Waals surface area contributed by atoms with Crippen LogP contribution in [-0.4, -0.2) is 23.8 Å². The van der Waals surface area contributed by atoms with Crippen molar-refractivity contribution in [3.63, 3.8) is 0 Å². The van der Waals surface area contributed by atoms with Crippen LogP contribution in [0, 0.1) is 11.3 Å². The molecule has 0 bridgehead atoms. The zero-order chi connectivity index (χ0) is 26.2. The van der Waals surface area contributed by atoms with Crippen molar-refractivity contribution >= 4 is 5.78 Å². The molecular formula is C31H33NO5. The molecule has 192 valence electrons. The van der Waals surface area contributed by atoms with Crippen molar-refractivity contribution in [3.05, 3.63) is 94.0 Å². The Labute approximate surface area is 218 Å². The van der Waals surface area contributed by atoms with Crippen LogP contribution in [0.3, 0.4) is 0 Å². The van der Waals surface area contributed by atoms with Gasteiger partial charge in [0.1, 0.15) is 24.2 Å². The molecule has 1 aliphatic heterocycles. The second-order valence-corrected chi connectivity index (χ2v) is 9.32. The summed E-state index contributed by atoms with van der Waals surface area (Å²) in [5.74, 6) is 0.422. The molecule has 6 nitrogen and oxygen atoms in total. The number of nitrogens with zero attached hydrogens (tertiary/aromatic N) is 1. The fourth-order valence-corrected chi connectivity index (χ4v) is 4.53. The number of aromatic hydroxyl groups is 1. The number of hydrogen-bond donors (Lipinski definition) is 1. The van der Waals surface area contributed by atoms with E-state index in [1.54, 1.807) is 24.3 Å². The minimum absolute atomic E-state index is 0.00883. The van der Waals surface area contributed by atoms with Crippen LogP contribution in [-0.2, 0) is 22.5 Å². The third-order valence-corrected chi connectivity index (χ3v) is 6.56. The van der Waals surface area contributed by atoms with E-state index in [2.05, 4.69) is 6.07 Å². The first-order valence-corrected chi connectivity index (χ1v) is 12.8. The number of benzene rings is 3. The van der Waals surface area contributed by atoms with Crippen LogP contribution in [0.25, 0.3) is 0 Å². The van der Waals surface area contributed by atoms with Crippen LogP contribution in [0.5, 0.6) is 11.5 Å². The number of carbonyl (C=O) groups excluding carboxylic acids is 1. The van der Waals surface area contributed by atoms with E-state index in [-0.39, 0.29) is 23.9 Å². The fourth-order valence-electron chi connectivity index (χ4n) is 4.53. The van der Waals surface area contributed by atoms with Gasteiger partial charge in [-0.15, -0.1) is 0 Å². The van der Waals surface area contributed by atoms with Gasteiger partial charge in [-0.1, -0.05) is 49.7 Å². The van der Waals surface area contributed by atoms with E-state index in [1.165, 1.54) is 6.92 Å². The SMILES string of the molecule is CCCc1c(OCc2ccc(C(OC3CCCCO3)c3ccc(C#N)cc3)cc2)ccc(C(C)=O)c1O. The highest BCUT2D eigenvalue weighted by molar-refractivity contribution is 5.97. The van der Waals surface area contributed by atoms with Gasteiger partial charge in [0.05, 0.1) is 17.2 Å². The summed E-state index contributed by atoms with van der Waals surface area (Å²) in [5.41, 5.74) is 4.49. The third-order valence-electron chi connectivity index (χ3n) is 6.56. The minimum atomic E-state index is -0.321. The molecule has 0 radical (unpaired) electrons. The largest absolute Gasteiger partial charge is 0.507 e. The summed E-state index contributed by atoms with van der Waals surface area (Å²) < 4.78 is 18.3. The first kappa shape index (κ1) is 26.4. The van der Waals surface area contributed by atoms with E-state index in [0.29, 0.717) is 42.1 Å². The Bertz CT molecular complexity index is 1240. The molecule has 2 atom stereocenters. The van der Waals surface area contributed by atoms with Gasteiger partial charge in [-0.25, -0.2) is 0 Å². The summed E-state index contributed by atoms with van der Waals surface area (Å²) in [5, 5.41) is 19.8. The molecule has 0 aliphatic carbocycles. The van der Waals surface area contributed by atoms with Gasteiger partial charge in [0.2, 0.25) is 0 Å². The topological polar surface area (TPSA) is 88.8 Å². The summed E-state index contributed by atoms with van der Waals surface area (Å²) >= 11 is 0. The maximum absolute atomic E-state index is 11.8. The molecular weight excluding hydrogens is 466 g/mol. The molecule has 1 saturated heterocycles. The normalized spacial score (nSPS) is 16.1. The molecule has 1 heterocycles. The van der Waals surface area contributed by atoms with Gasteiger partial charge >= 0.3 is 0 Å². The molecule has 0 saturated carbocycles. The number of nitriles is 1.